The number of benzene rings is 3. The fourth-order valence-corrected chi connectivity index (χ4v) is 5.12. The van der Waals surface area contributed by atoms with Crippen molar-refractivity contribution in [1.82, 2.24) is 0 Å². The largest absolute Gasteiger partial charge is 0.462 e. The number of esters is 1. The van der Waals surface area contributed by atoms with Gasteiger partial charge in [-0.25, -0.2) is 13.2 Å². The zero-order valence-corrected chi connectivity index (χ0v) is 20.7. The molecule has 3 rings (SSSR count). The van der Waals surface area contributed by atoms with Crippen LogP contribution in [0.4, 0.5) is 11.4 Å². The Morgan fingerprint density at radius 3 is 2.21 bits per heavy atom. The zero-order valence-electron chi connectivity index (χ0n) is 18.4. The number of rotatable bonds is 8. The van der Waals surface area contributed by atoms with Crippen LogP contribution in [0.15, 0.2) is 71.6 Å². The van der Waals surface area contributed by atoms with Crippen LogP contribution in [-0.2, 0) is 19.6 Å². The Bertz CT molecular complexity index is 1290. The minimum absolute atomic E-state index is 0.00821. The highest BCUT2D eigenvalue weighted by molar-refractivity contribution is 7.92. The number of nitrogens with one attached hydrogen (secondary N) is 1. The van der Waals surface area contributed by atoms with Crippen molar-refractivity contribution in [2.24, 2.45) is 0 Å². The quantitative estimate of drug-likeness (QED) is 0.406. The molecule has 0 heterocycles. The second kappa shape index (κ2) is 10.9. The highest BCUT2D eigenvalue weighted by Gasteiger charge is 2.28. The van der Waals surface area contributed by atoms with E-state index in [9.17, 15) is 18.0 Å². The maximum Gasteiger partial charge on any atom is 0.338 e. The number of amides is 1. The highest BCUT2D eigenvalue weighted by atomic mass is 35.5. The van der Waals surface area contributed by atoms with E-state index in [4.69, 9.17) is 27.9 Å². The number of ether oxygens (including phenoxy) is 1. The van der Waals surface area contributed by atoms with E-state index in [1.165, 1.54) is 36.4 Å². The summed E-state index contributed by atoms with van der Waals surface area (Å²) in [6, 6.07) is 16.7. The van der Waals surface area contributed by atoms with Crippen molar-refractivity contribution in [3.8, 4) is 0 Å². The van der Waals surface area contributed by atoms with Gasteiger partial charge in [0.25, 0.3) is 10.0 Å². The third-order valence-corrected chi connectivity index (χ3v) is 6.99. The Morgan fingerprint density at radius 1 is 0.971 bits per heavy atom. The van der Waals surface area contributed by atoms with Gasteiger partial charge >= 0.3 is 5.97 Å². The van der Waals surface area contributed by atoms with E-state index in [-0.39, 0.29) is 27.2 Å². The molecule has 0 fully saturated rings. The molecule has 0 radical (unpaired) electrons. The number of carbonyl (C=O) groups is 2. The predicted octanol–water partition coefficient (Wildman–Crippen LogP) is 5.31. The first-order chi connectivity index (χ1) is 16.1. The minimum atomic E-state index is -4.12. The Balaban J connectivity index is 1.91. The molecule has 3 aromatic rings. The molecule has 0 saturated heterocycles. The first kappa shape index (κ1) is 25.6. The summed E-state index contributed by atoms with van der Waals surface area (Å²) in [7, 11) is -4.12. The molecule has 0 aliphatic carbocycles. The van der Waals surface area contributed by atoms with Crippen molar-refractivity contribution in [2.75, 3.05) is 22.8 Å². The summed E-state index contributed by atoms with van der Waals surface area (Å²) >= 11 is 12.2. The molecule has 0 bridgehead atoms. The molecule has 1 N–H and O–H groups in total. The van der Waals surface area contributed by atoms with Crippen molar-refractivity contribution < 1.29 is 22.7 Å². The van der Waals surface area contributed by atoms with Gasteiger partial charge in [-0.05, 0) is 67.9 Å². The van der Waals surface area contributed by atoms with Crippen LogP contribution in [0, 0.1) is 6.92 Å². The van der Waals surface area contributed by atoms with E-state index < -0.39 is 28.4 Å². The number of anilines is 2. The molecule has 1 amide bonds. The van der Waals surface area contributed by atoms with Gasteiger partial charge < -0.3 is 10.1 Å². The van der Waals surface area contributed by atoms with E-state index in [2.05, 4.69) is 5.32 Å². The Hall–Kier alpha value is -3.07. The van der Waals surface area contributed by atoms with Crippen molar-refractivity contribution in [3.05, 3.63) is 87.9 Å². The molecule has 3 aromatic carbocycles. The topological polar surface area (TPSA) is 92.8 Å². The summed E-state index contributed by atoms with van der Waals surface area (Å²) in [6.45, 7) is 3.14. The second-order valence-corrected chi connectivity index (χ2v) is 9.99. The molecule has 0 saturated carbocycles. The van der Waals surface area contributed by atoms with Crippen LogP contribution in [-0.4, -0.2) is 33.4 Å². The number of halogens is 2. The number of aryl methyl sites for hydroxylation is 1. The van der Waals surface area contributed by atoms with Gasteiger partial charge in [-0.1, -0.05) is 41.4 Å². The molecule has 0 spiro atoms. The Morgan fingerprint density at radius 2 is 1.62 bits per heavy atom. The van der Waals surface area contributed by atoms with Gasteiger partial charge in [-0.15, -0.1) is 0 Å². The number of hydrogen-bond donors (Lipinski definition) is 1. The molecule has 178 valence electrons. The van der Waals surface area contributed by atoms with Gasteiger partial charge in [0.2, 0.25) is 5.91 Å². The van der Waals surface area contributed by atoms with Gasteiger partial charge in [-0.2, -0.15) is 0 Å². The maximum atomic E-state index is 13.4. The van der Waals surface area contributed by atoms with Crippen LogP contribution in [0.1, 0.15) is 22.8 Å². The average Bonchev–Trinajstić information content (AvgIpc) is 2.78. The van der Waals surface area contributed by atoms with Gasteiger partial charge in [0.1, 0.15) is 6.54 Å². The minimum Gasteiger partial charge on any atom is -0.462 e. The number of sulfonamides is 1. The smallest absolute Gasteiger partial charge is 0.338 e. The third-order valence-electron chi connectivity index (χ3n) is 4.77. The number of hydrogen-bond acceptors (Lipinski definition) is 5. The van der Waals surface area contributed by atoms with Crippen LogP contribution in [0.25, 0.3) is 0 Å². The van der Waals surface area contributed by atoms with Gasteiger partial charge in [0.15, 0.2) is 0 Å². The van der Waals surface area contributed by atoms with Crippen molar-refractivity contribution in [1.29, 1.82) is 0 Å². The molecular formula is C24H22Cl2N2O5S. The van der Waals surface area contributed by atoms with Crippen LogP contribution in [0.2, 0.25) is 10.0 Å². The average molecular weight is 521 g/mol. The molecule has 34 heavy (non-hydrogen) atoms. The van der Waals surface area contributed by atoms with E-state index in [0.717, 1.165) is 4.31 Å². The maximum absolute atomic E-state index is 13.4. The summed E-state index contributed by atoms with van der Waals surface area (Å²) in [5.41, 5.74) is 1.53. The van der Waals surface area contributed by atoms with Crippen molar-refractivity contribution >= 4 is 56.5 Å². The third kappa shape index (κ3) is 6.08. The van der Waals surface area contributed by atoms with E-state index in [1.807, 2.05) is 0 Å². The Kier molecular flexibility index (Phi) is 8.19. The lowest BCUT2D eigenvalue weighted by molar-refractivity contribution is -0.114. The zero-order chi connectivity index (χ0) is 24.9. The first-order valence-electron chi connectivity index (χ1n) is 10.2. The second-order valence-electron chi connectivity index (χ2n) is 7.25. The van der Waals surface area contributed by atoms with Crippen molar-refractivity contribution in [3.63, 3.8) is 0 Å². The molecule has 0 aliphatic rings. The summed E-state index contributed by atoms with van der Waals surface area (Å²) in [6.07, 6.45) is 0. The van der Waals surface area contributed by atoms with Crippen LogP contribution < -0.4 is 9.62 Å². The van der Waals surface area contributed by atoms with E-state index >= 15 is 0 Å². The van der Waals surface area contributed by atoms with Gasteiger partial charge in [0.05, 0.1) is 22.8 Å². The molecule has 0 aromatic heterocycles. The monoisotopic (exact) mass is 520 g/mol. The molecule has 0 unspecified atom stereocenters. The van der Waals surface area contributed by atoms with Crippen molar-refractivity contribution in [2.45, 2.75) is 18.7 Å². The summed E-state index contributed by atoms with van der Waals surface area (Å²) in [4.78, 5) is 24.9. The fourth-order valence-electron chi connectivity index (χ4n) is 3.18. The summed E-state index contributed by atoms with van der Waals surface area (Å²) < 4.78 is 32.7. The predicted molar refractivity (Wildman–Crippen MR) is 133 cm³/mol. The summed E-state index contributed by atoms with van der Waals surface area (Å²) in [5, 5.41) is 3.15. The van der Waals surface area contributed by atoms with Crippen LogP contribution in [0.5, 0.6) is 0 Å². The van der Waals surface area contributed by atoms with E-state index in [1.54, 1.807) is 44.2 Å². The van der Waals surface area contributed by atoms with Gasteiger partial charge in [0, 0.05) is 15.7 Å². The lowest BCUT2D eigenvalue weighted by Crippen LogP contribution is -2.38. The Labute approximate surface area is 208 Å². The molecule has 7 nitrogen and oxygen atoms in total. The van der Waals surface area contributed by atoms with Gasteiger partial charge in [-0.3, -0.25) is 9.10 Å². The SMILES string of the molecule is CCOC(=O)c1ccc(NC(=O)CN(c2cc(Cl)cc(Cl)c2)S(=O)(=O)c2ccccc2)c(C)c1. The standard InChI is InChI=1S/C24H22Cl2N2O5S/c1-3-33-24(30)17-9-10-22(16(2)11-17)27-23(29)15-28(20-13-18(25)12-19(26)14-20)34(31,32)21-7-5-4-6-8-21/h4-14H,3,15H2,1-2H3,(H,27,29). The molecule has 10 heteroatoms. The normalized spacial score (nSPS) is 11.1. The first-order valence-corrected chi connectivity index (χ1v) is 12.4. The highest BCUT2D eigenvalue weighted by Crippen LogP contribution is 2.30. The molecule has 0 atom stereocenters. The molecule has 0 aliphatic heterocycles. The lowest BCUT2D eigenvalue weighted by atomic mass is 10.1. The number of nitrogens with zero attached hydrogens (tertiary/aromatic N) is 1. The lowest BCUT2D eigenvalue weighted by Gasteiger charge is -2.24. The number of carbonyl (C=O) groups excluding carboxylic acids is 2. The summed E-state index contributed by atoms with van der Waals surface area (Å²) in [5.74, 6) is -1.07. The fraction of sp³-hybridized carbons (Fsp3) is 0.167. The van der Waals surface area contributed by atoms with Crippen LogP contribution >= 0.6 is 23.2 Å². The molecular weight excluding hydrogens is 499 g/mol. The van der Waals surface area contributed by atoms with E-state index in [0.29, 0.717) is 16.8 Å². The van der Waals surface area contributed by atoms with Crippen LogP contribution in [0.3, 0.4) is 0 Å².